The third kappa shape index (κ3) is 4.32. The quantitative estimate of drug-likeness (QED) is 0.425. The molecule has 0 bridgehead atoms. The molecule has 0 unspecified atom stereocenters. The maximum Gasteiger partial charge on any atom is 0.158 e. The highest BCUT2D eigenvalue weighted by molar-refractivity contribution is 5.93. The Morgan fingerprint density at radius 3 is 2.67 bits per heavy atom. The molecule has 1 nitrogen and oxygen atoms in total. The fourth-order valence-corrected chi connectivity index (χ4v) is 7.06. The van der Waals surface area contributed by atoms with E-state index < -0.39 is 0 Å². The van der Waals surface area contributed by atoms with Crippen LogP contribution in [0.5, 0.6) is 0 Å². The average Bonchev–Trinajstić information content (AvgIpc) is 3.49. The fourth-order valence-electron chi connectivity index (χ4n) is 7.06. The summed E-state index contributed by atoms with van der Waals surface area (Å²) < 4.78 is 0. The van der Waals surface area contributed by atoms with Gasteiger partial charge in [-0.3, -0.25) is 4.79 Å². The van der Waals surface area contributed by atoms with Crippen LogP contribution in [-0.2, 0) is 4.79 Å². The van der Waals surface area contributed by atoms with Crippen LogP contribution >= 0.6 is 0 Å². The number of carbonyl (C=O) groups is 1. The Balaban J connectivity index is 1.49. The lowest BCUT2D eigenvalue weighted by Crippen LogP contribution is -2.35. The first-order chi connectivity index (χ1) is 14.3. The zero-order chi connectivity index (χ0) is 21.5. The van der Waals surface area contributed by atoms with E-state index in [1.807, 2.05) is 6.08 Å². The summed E-state index contributed by atoms with van der Waals surface area (Å²) >= 11 is 0. The molecule has 30 heavy (non-hydrogen) atoms. The van der Waals surface area contributed by atoms with Crippen molar-refractivity contribution in [2.75, 3.05) is 0 Å². The van der Waals surface area contributed by atoms with E-state index in [0.717, 1.165) is 24.7 Å². The molecule has 164 valence electrons. The number of hydrogen-bond donors (Lipinski definition) is 0. The van der Waals surface area contributed by atoms with Gasteiger partial charge in [0.1, 0.15) is 0 Å². The molecule has 4 rings (SSSR count). The van der Waals surface area contributed by atoms with Crippen LogP contribution < -0.4 is 0 Å². The van der Waals surface area contributed by atoms with E-state index in [-0.39, 0.29) is 0 Å². The number of allylic oxidation sites excluding steroid dienone is 7. The van der Waals surface area contributed by atoms with E-state index in [9.17, 15) is 4.79 Å². The highest BCUT2D eigenvalue weighted by Gasteiger charge is 2.50. The van der Waals surface area contributed by atoms with Gasteiger partial charge in [-0.05, 0) is 110 Å². The minimum absolute atomic E-state index is 0.345. The Labute approximate surface area is 184 Å². The third-order valence-corrected chi connectivity index (χ3v) is 9.05. The molecule has 0 heterocycles. The predicted molar refractivity (Wildman–Crippen MR) is 127 cm³/mol. The summed E-state index contributed by atoms with van der Waals surface area (Å²) in [5.74, 6) is 4.03. The van der Waals surface area contributed by atoms with Crippen molar-refractivity contribution in [3.05, 3.63) is 47.6 Å². The third-order valence-electron chi connectivity index (χ3n) is 9.05. The van der Waals surface area contributed by atoms with Gasteiger partial charge in [0.2, 0.25) is 0 Å². The molecular formula is C29H42O. The van der Waals surface area contributed by atoms with E-state index in [1.54, 1.807) is 5.57 Å². The van der Waals surface area contributed by atoms with E-state index >= 15 is 0 Å². The van der Waals surface area contributed by atoms with Gasteiger partial charge >= 0.3 is 0 Å². The lowest BCUT2D eigenvalue weighted by Gasteiger charge is -2.44. The molecule has 0 amide bonds. The van der Waals surface area contributed by atoms with Gasteiger partial charge < -0.3 is 0 Å². The number of carbonyl (C=O) groups excluding carboxylic acids is 1. The van der Waals surface area contributed by atoms with Crippen molar-refractivity contribution in [3.63, 3.8) is 0 Å². The second-order valence-corrected chi connectivity index (χ2v) is 11.4. The van der Waals surface area contributed by atoms with Gasteiger partial charge in [0.15, 0.2) is 5.78 Å². The van der Waals surface area contributed by atoms with Gasteiger partial charge in [-0.15, -0.1) is 0 Å². The molecule has 4 saturated carbocycles. The average molecular weight is 407 g/mol. The van der Waals surface area contributed by atoms with Gasteiger partial charge in [0.05, 0.1) is 0 Å². The zero-order valence-corrected chi connectivity index (χ0v) is 19.8. The Morgan fingerprint density at radius 2 is 1.93 bits per heavy atom. The molecule has 0 N–H and O–H groups in total. The smallest absolute Gasteiger partial charge is 0.158 e. The van der Waals surface area contributed by atoms with Gasteiger partial charge in [-0.1, -0.05) is 58.1 Å². The van der Waals surface area contributed by atoms with Crippen LogP contribution in [0.25, 0.3) is 0 Å². The molecule has 0 aromatic rings. The van der Waals surface area contributed by atoms with Crippen LogP contribution in [-0.4, -0.2) is 5.78 Å². The van der Waals surface area contributed by atoms with Crippen LogP contribution in [0.2, 0.25) is 0 Å². The topological polar surface area (TPSA) is 17.1 Å². The summed E-state index contributed by atoms with van der Waals surface area (Å²) in [6, 6.07) is 0. The maximum atomic E-state index is 12.1. The molecule has 0 aromatic carbocycles. The second-order valence-electron chi connectivity index (χ2n) is 11.4. The molecule has 4 fully saturated rings. The van der Waals surface area contributed by atoms with Gasteiger partial charge in [-0.25, -0.2) is 0 Å². The summed E-state index contributed by atoms with van der Waals surface area (Å²) in [6.07, 6.45) is 20.3. The lowest BCUT2D eigenvalue weighted by molar-refractivity contribution is -0.115. The monoisotopic (exact) mass is 406 g/mol. The summed E-state index contributed by atoms with van der Waals surface area (Å²) in [4.78, 5) is 12.1. The second kappa shape index (κ2) is 8.64. The van der Waals surface area contributed by atoms with Gasteiger partial charge in [-0.2, -0.15) is 0 Å². The Kier molecular flexibility index (Phi) is 6.29. The van der Waals surface area contributed by atoms with E-state index in [1.165, 1.54) is 56.1 Å². The molecule has 6 atom stereocenters. The van der Waals surface area contributed by atoms with Crippen molar-refractivity contribution in [1.29, 1.82) is 0 Å². The lowest BCUT2D eigenvalue weighted by atomic mass is 9.61. The van der Waals surface area contributed by atoms with Gasteiger partial charge in [0, 0.05) is 5.92 Å². The Hall–Kier alpha value is -1.37. The summed E-state index contributed by atoms with van der Waals surface area (Å²) in [5, 5.41) is 0. The molecule has 0 aromatic heterocycles. The van der Waals surface area contributed by atoms with Crippen molar-refractivity contribution in [3.8, 4) is 0 Å². The van der Waals surface area contributed by atoms with E-state index in [2.05, 4.69) is 52.5 Å². The number of fused-ring (bicyclic) bond motifs is 1. The van der Waals surface area contributed by atoms with Crippen molar-refractivity contribution >= 4 is 5.78 Å². The largest absolute Gasteiger partial charge is 0.295 e. The number of rotatable bonds is 5. The molecule has 0 radical (unpaired) electrons. The highest BCUT2D eigenvalue weighted by Crippen LogP contribution is 2.59. The van der Waals surface area contributed by atoms with Gasteiger partial charge in [0.25, 0.3) is 0 Å². The first kappa shape index (κ1) is 21.8. The van der Waals surface area contributed by atoms with Crippen LogP contribution in [0.3, 0.4) is 0 Å². The van der Waals surface area contributed by atoms with Crippen LogP contribution in [0.1, 0.15) is 85.5 Å². The predicted octanol–water partition coefficient (Wildman–Crippen LogP) is 7.85. The molecule has 1 heteroatoms. The van der Waals surface area contributed by atoms with Crippen molar-refractivity contribution in [2.45, 2.75) is 85.5 Å². The maximum absolute atomic E-state index is 12.1. The zero-order valence-electron chi connectivity index (χ0n) is 19.8. The first-order valence-corrected chi connectivity index (χ1v) is 12.6. The molecule has 0 spiro atoms. The summed E-state index contributed by atoms with van der Waals surface area (Å²) in [5.41, 5.74) is 4.93. The fraction of sp³-hybridized carbons (Fsp3) is 0.690. The van der Waals surface area contributed by atoms with Crippen LogP contribution in [0.15, 0.2) is 47.6 Å². The normalized spacial score (nSPS) is 40.9. The molecule has 4 aliphatic rings. The minimum Gasteiger partial charge on any atom is -0.295 e. The van der Waals surface area contributed by atoms with Crippen LogP contribution in [0.4, 0.5) is 0 Å². The minimum atomic E-state index is 0.345. The Morgan fingerprint density at radius 1 is 1.17 bits per heavy atom. The van der Waals surface area contributed by atoms with E-state index in [0.29, 0.717) is 34.9 Å². The standard InChI is InChI=1S/C29H42O/c1-19-17-21(3)22(4)25(18-19)12-9-23-7-6-16-29(5)26(13-14-27(23)29)20(2)8-15-28(30)24-10-11-24/h8-9,12,15,19-21,24,26-27H,4,6-7,10-11,13-14,16-18H2,1-3,5H3/b15-8+,23-9+,25-12+/t19-,20+,21-,26+,27-,29+/m0/s1. The molecular weight excluding hydrogens is 364 g/mol. The SMILES string of the molecule is C=C1/C(=C/C=C2\CCC[C@]3(C)[C@@H]([C@H](C)/C=C/C(=O)C4CC4)CC[C@@H]23)C[C@@H](C)C[C@@H]1C. The summed E-state index contributed by atoms with van der Waals surface area (Å²) in [6.45, 7) is 14.0. The molecule has 4 aliphatic carbocycles. The molecule has 0 saturated heterocycles. The van der Waals surface area contributed by atoms with Crippen LogP contribution in [0, 0.1) is 40.9 Å². The Bertz CT molecular complexity index is 776. The van der Waals surface area contributed by atoms with Crippen molar-refractivity contribution in [2.24, 2.45) is 40.9 Å². The first-order valence-electron chi connectivity index (χ1n) is 12.6. The summed E-state index contributed by atoms with van der Waals surface area (Å²) in [7, 11) is 0. The molecule has 0 aliphatic heterocycles. The van der Waals surface area contributed by atoms with Crippen molar-refractivity contribution < 1.29 is 4.79 Å². The van der Waals surface area contributed by atoms with E-state index in [4.69, 9.17) is 0 Å². The number of hydrogen-bond acceptors (Lipinski definition) is 1. The number of ketones is 1. The van der Waals surface area contributed by atoms with Crippen molar-refractivity contribution in [1.82, 2.24) is 0 Å². The highest BCUT2D eigenvalue weighted by atomic mass is 16.1.